The zero-order valence-corrected chi connectivity index (χ0v) is 6.63. The highest BCUT2D eigenvalue weighted by Crippen LogP contribution is 1.97. The van der Waals surface area contributed by atoms with Crippen molar-refractivity contribution in [1.29, 1.82) is 0 Å². The second-order valence-corrected chi connectivity index (χ2v) is 2.46. The second-order valence-electron chi connectivity index (χ2n) is 2.46. The molecular formula is C7H12N2O2. The minimum Gasteiger partial charge on any atom is -0.468 e. The first-order valence-corrected chi connectivity index (χ1v) is 3.51. The lowest BCUT2D eigenvalue weighted by atomic mass is 10.2. The maximum absolute atomic E-state index is 10.9. The van der Waals surface area contributed by atoms with Crippen LogP contribution in [0, 0.1) is 0 Å². The van der Waals surface area contributed by atoms with E-state index in [1.165, 1.54) is 7.11 Å². The van der Waals surface area contributed by atoms with Crippen LogP contribution in [-0.2, 0) is 9.53 Å². The molecule has 0 radical (unpaired) electrons. The van der Waals surface area contributed by atoms with E-state index >= 15 is 0 Å². The zero-order valence-electron chi connectivity index (χ0n) is 6.63. The van der Waals surface area contributed by atoms with Crippen molar-refractivity contribution in [2.75, 3.05) is 7.11 Å². The van der Waals surface area contributed by atoms with Crippen LogP contribution in [0.15, 0.2) is 12.2 Å². The Morgan fingerprint density at radius 1 is 1.45 bits per heavy atom. The number of hydrogen-bond donors (Lipinski definition) is 2. The molecule has 0 aromatic heterocycles. The molecule has 0 amide bonds. The highest BCUT2D eigenvalue weighted by molar-refractivity contribution is 5.78. The van der Waals surface area contributed by atoms with E-state index in [0.717, 1.165) is 0 Å². The number of nitrogens with one attached hydrogen (secondary N) is 2. The summed E-state index contributed by atoms with van der Waals surface area (Å²) in [5.41, 5.74) is 5.72. The summed E-state index contributed by atoms with van der Waals surface area (Å²) in [7, 11) is 1.37. The van der Waals surface area contributed by atoms with Crippen LogP contribution in [0.3, 0.4) is 0 Å². The van der Waals surface area contributed by atoms with Crippen LogP contribution in [0.4, 0.5) is 0 Å². The van der Waals surface area contributed by atoms with Crippen LogP contribution < -0.4 is 10.9 Å². The third-order valence-electron chi connectivity index (χ3n) is 1.51. The summed E-state index contributed by atoms with van der Waals surface area (Å²) >= 11 is 0. The Morgan fingerprint density at radius 3 is 2.64 bits per heavy atom. The van der Waals surface area contributed by atoms with Crippen molar-refractivity contribution < 1.29 is 9.53 Å². The van der Waals surface area contributed by atoms with Gasteiger partial charge in [0.2, 0.25) is 0 Å². The first kappa shape index (κ1) is 8.23. The number of ether oxygens (including phenoxy) is 1. The van der Waals surface area contributed by atoms with Crippen molar-refractivity contribution in [2.45, 2.75) is 19.0 Å². The molecule has 11 heavy (non-hydrogen) atoms. The Kier molecular flexibility index (Phi) is 2.62. The average molecular weight is 156 g/mol. The molecular weight excluding hydrogens is 144 g/mol. The lowest BCUT2D eigenvalue weighted by Gasteiger charge is -2.21. The van der Waals surface area contributed by atoms with Gasteiger partial charge in [-0.1, -0.05) is 12.2 Å². The van der Waals surface area contributed by atoms with Crippen LogP contribution >= 0.6 is 0 Å². The standard InChI is InChI=1S/C7H12N2O2/c1-5-3-4-6(9-8-5)7(10)11-2/h3-6,8-9H,1-2H3. The molecule has 4 heteroatoms. The predicted octanol–water partition coefficient (Wildman–Crippen LogP) is -0.420. The molecule has 62 valence electrons. The number of rotatable bonds is 1. The van der Waals surface area contributed by atoms with Crippen molar-refractivity contribution in [3.63, 3.8) is 0 Å². The Morgan fingerprint density at radius 2 is 2.18 bits per heavy atom. The van der Waals surface area contributed by atoms with Gasteiger partial charge in [0.1, 0.15) is 6.04 Å². The van der Waals surface area contributed by atoms with Gasteiger partial charge in [-0.15, -0.1) is 0 Å². The minimum absolute atomic E-state index is 0.260. The summed E-state index contributed by atoms with van der Waals surface area (Å²) in [5.74, 6) is -0.277. The first-order valence-electron chi connectivity index (χ1n) is 3.51. The normalized spacial score (nSPS) is 30.0. The van der Waals surface area contributed by atoms with E-state index in [1.54, 1.807) is 6.08 Å². The fraction of sp³-hybridized carbons (Fsp3) is 0.571. The highest BCUT2D eigenvalue weighted by atomic mass is 16.5. The molecule has 0 aliphatic carbocycles. The van der Waals surface area contributed by atoms with Gasteiger partial charge in [0.05, 0.1) is 7.11 Å². The molecule has 0 fully saturated rings. The smallest absolute Gasteiger partial charge is 0.328 e. The van der Waals surface area contributed by atoms with Gasteiger partial charge in [-0.3, -0.25) is 5.43 Å². The van der Waals surface area contributed by atoms with Gasteiger partial charge in [-0.2, -0.15) is 0 Å². The van der Waals surface area contributed by atoms with Gasteiger partial charge in [0, 0.05) is 6.04 Å². The lowest BCUT2D eigenvalue weighted by Crippen LogP contribution is -2.51. The van der Waals surface area contributed by atoms with Gasteiger partial charge in [-0.25, -0.2) is 10.2 Å². The maximum atomic E-state index is 10.9. The Labute approximate surface area is 65.6 Å². The Hall–Kier alpha value is -0.870. The third-order valence-corrected chi connectivity index (χ3v) is 1.51. The molecule has 4 nitrogen and oxygen atoms in total. The molecule has 1 heterocycles. The second kappa shape index (κ2) is 3.50. The summed E-state index contributed by atoms with van der Waals surface area (Å²) in [5, 5.41) is 0. The van der Waals surface area contributed by atoms with Gasteiger partial charge in [-0.05, 0) is 6.92 Å². The number of hydrogen-bond acceptors (Lipinski definition) is 4. The molecule has 2 unspecified atom stereocenters. The van der Waals surface area contributed by atoms with E-state index in [9.17, 15) is 4.79 Å². The number of carbonyl (C=O) groups excluding carboxylic acids is 1. The molecule has 0 saturated carbocycles. The fourth-order valence-corrected chi connectivity index (χ4v) is 0.860. The van der Waals surface area contributed by atoms with E-state index in [0.29, 0.717) is 0 Å². The molecule has 0 bridgehead atoms. The van der Waals surface area contributed by atoms with Crippen molar-refractivity contribution in [3.05, 3.63) is 12.2 Å². The van der Waals surface area contributed by atoms with E-state index in [1.807, 2.05) is 13.0 Å². The summed E-state index contributed by atoms with van der Waals surface area (Å²) in [6.45, 7) is 1.98. The molecule has 0 aromatic carbocycles. The first-order chi connectivity index (χ1) is 5.24. The topological polar surface area (TPSA) is 50.4 Å². The molecule has 1 aliphatic rings. The Balaban J connectivity index is 2.50. The van der Waals surface area contributed by atoms with Crippen LogP contribution in [0.5, 0.6) is 0 Å². The summed E-state index contributed by atoms with van der Waals surface area (Å²) < 4.78 is 4.53. The monoisotopic (exact) mass is 156 g/mol. The molecule has 2 atom stereocenters. The van der Waals surface area contributed by atoms with Crippen molar-refractivity contribution >= 4 is 5.97 Å². The highest BCUT2D eigenvalue weighted by Gasteiger charge is 2.18. The van der Waals surface area contributed by atoms with E-state index < -0.39 is 0 Å². The third kappa shape index (κ3) is 2.03. The van der Waals surface area contributed by atoms with Gasteiger partial charge < -0.3 is 4.74 Å². The van der Waals surface area contributed by atoms with Gasteiger partial charge in [0.15, 0.2) is 0 Å². The van der Waals surface area contributed by atoms with Crippen molar-refractivity contribution in [3.8, 4) is 0 Å². The van der Waals surface area contributed by atoms with Crippen LogP contribution in [-0.4, -0.2) is 25.2 Å². The minimum atomic E-state index is -0.351. The Bertz CT molecular complexity index is 179. The molecule has 1 rings (SSSR count). The van der Waals surface area contributed by atoms with Gasteiger partial charge >= 0.3 is 5.97 Å². The molecule has 2 N–H and O–H groups in total. The fourth-order valence-electron chi connectivity index (χ4n) is 0.860. The van der Waals surface area contributed by atoms with Crippen LogP contribution in [0.1, 0.15) is 6.92 Å². The predicted molar refractivity (Wildman–Crippen MR) is 40.7 cm³/mol. The quantitative estimate of drug-likeness (QED) is 0.400. The molecule has 0 aromatic rings. The number of hydrazine groups is 1. The number of esters is 1. The largest absolute Gasteiger partial charge is 0.468 e. The van der Waals surface area contributed by atoms with Crippen LogP contribution in [0.2, 0.25) is 0 Å². The number of methoxy groups -OCH3 is 1. The number of carbonyl (C=O) groups is 1. The average Bonchev–Trinajstić information content (AvgIpc) is 2.05. The summed E-state index contributed by atoms with van der Waals surface area (Å²) in [6.07, 6.45) is 3.70. The van der Waals surface area contributed by atoms with E-state index in [2.05, 4.69) is 15.6 Å². The summed E-state index contributed by atoms with van der Waals surface area (Å²) in [4.78, 5) is 10.9. The molecule has 0 saturated heterocycles. The SMILES string of the molecule is COC(=O)C1C=CC(C)NN1. The molecule has 0 spiro atoms. The van der Waals surface area contributed by atoms with E-state index in [4.69, 9.17) is 0 Å². The maximum Gasteiger partial charge on any atom is 0.328 e. The van der Waals surface area contributed by atoms with Gasteiger partial charge in [0.25, 0.3) is 0 Å². The lowest BCUT2D eigenvalue weighted by molar-refractivity contribution is -0.142. The zero-order chi connectivity index (χ0) is 8.27. The van der Waals surface area contributed by atoms with E-state index in [-0.39, 0.29) is 18.1 Å². The molecule has 1 aliphatic heterocycles. The van der Waals surface area contributed by atoms with Crippen molar-refractivity contribution in [1.82, 2.24) is 10.9 Å². The van der Waals surface area contributed by atoms with Crippen LogP contribution in [0.25, 0.3) is 0 Å². The summed E-state index contributed by atoms with van der Waals surface area (Å²) in [6, 6.07) is -0.0906. The van der Waals surface area contributed by atoms with Crippen molar-refractivity contribution in [2.24, 2.45) is 0 Å².